The van der Waals surface area contributed by atoms with Crippen LogP contribution in [-0.2, 0) is 10.1 Å². The lowest BCUT2D eigenvalue weighted by atomic mass is 10.1. The maximum absolute atomic E-state index is 11.3. The molecular weight excluding hydrogens is 418 g/mol. The first-order valence-corrected chi connectivity index (χ1v) is 10.6. The zero-order valence-corrected chi connectivity index (χ0v) is 17.1. The standard InChI is InChI=1S/C22H17N3O5S/c1-13-6-11-17(19(27)12-13)22-24-20(14-7-9-15(10-8-14)31(28,29)30)23-21(25-22)16-4-2-3-5-18(16)26/h2-12,26-27H,1H3,(H,28,29,30). The molecule has 0 spiro atoms. The maximum Gasteiger partial charge on any atom is 0.294 e. The van der Waals surface area contributed by atoms with Crippen molar-refractivity contribution in [3.8, 4) is 45.7 Å². The molecule has 0 aliphatic heterocycles. The number of nitrogens with zero attached hydrogens (tertiary/aromatic N) is 3. The lowest BCUT2D eigenvalue weighted by Gasteiger charge is -2.10. The molecule has 0 aliphatic carbocycles. The molecule has 156 valence electrons. The second-order valence-corrected chi connectivity index (χ2v) is 8.26. The van der Waals surface area contributed by atoms with E-state index in [0.717, 1.165) is 5.56 Å². The van der Waals surface area contributed by atoms with Gasteiger partial charge in [0.1, 0.15) is 11.5 Å². The van der Waals surface area contributed by atoms with Gasteiger partial charge in [-0.15, -0.1) is 0 Å². The molecular formula is C22H17N3O5S. The zero-order valence-electron chi connectivity index (χ0n) is 16.3. The molecule has 1 aromatic heterocycles. The molecule has 0 saturated heterocycles. The van der Waals surface area contributed by atoms with E-state index < -0.39 is 10.1 Å². The van der Waals surface area contributed by atoms with E-state index in [1.165, 1.54) is 30.3 Å². The van der Waals surface area contributed by atoms with Gasteiger partial charge in [-0.3, -0.25) is 4.55 Å². The van der Waals surface area contributed by atoms with Gasteiger partial charge in [-0.05, 0) is 61.0 Å². The molecule has 4 aromatic rings. The molecule has 0 radical (unpaired) electrons. The van der Waals surface area contributed by atoms with Gasteiger partial charge in [0.05, 0.1) is 16.0 Å². The Kier molecular flexibility index (Phi) is 5.14. The summed E-state index contributed by atoms with van der Waals surface area (Å²) in [7, 11) is -4.34. The number of aryl methyl sites for hydroxylation is 1. The van der Waals surface area contributed by atoms with E-state index in [2.05, 4.69) is 15.0 Å². The number of hydrogen-bond acceptors (Lipinski definition) is 7. The highest BCUT2D eigenvalue weighted by Crippen LogP contribution is 2.32. The number of rotatable bonds is 4. The summed E-state index contributed by atoms with van der Waals surface area (Å²) in [6.45, 7) is 1.84. The van der Waals surface area contributed by atoms with Crippen molar-refractivity contribution in [2.75, 3.05) is 0 Å². The molecule has 0 unspecified atom stereocenters. The van der Waals surface area contributed by atoms with Crippen molar-refractivity contribution in [1.82, 2.24) is 15.0 Å². The van der Waals surface area contributed by atoms with E-state index in [9.17, 15) is 23.2 Å². The van der Waals surface area contributed by atoms with Crippen LogP contribution in [0.5, 0.6) is 11.5 Å². The fraction of sp³-hybridized carbons (Fsp3) is 0.0455. The van der Waals surface area contributed by atoms with Gasteiger partial charge in [-0.1, -0.05) is 18.2 Å². The summed E-state index contributed by atoms with van der Waals surface area (Å²) in [6, 6.07) is 17.0. The number of para-hydroxylation sites is 1. The second kappa shape index (κ2) is 7.78. The lowest BCUT2D eigenvalue weighted by Crippen LogP contribution is -2.01. The average molecular weight is 435 g/mol. The minimum absolute atomic E-state index is 0.0119. The molecule has 0 amide bonds. The van der Waals surface area contributed by atoms with Crippen molar-refractivity contribution < 1.29 is 23.2 Å². The van der Waals surface area contributed by atoms with Crippen LogP contribution in [0.1, 0.15) is 5.56 Å². The molecule has 0 atom stereocenters. The summed E-state index contributed by atoms with van der Waals surface area (Å²) in [6.07, 6.45) is 0. The van der Waals surface area contributed by atoms with Crippen molar-refractivity contribution in [2.24, 2.45) is 0 Å². The first-order valence-electron chi connectivity index (χ1n) is 9.15. The highest BCUT2D eigenvalue weighted by atomic mass is 32.2. The van der Waals surface area contributed by atoms with Gasteiger partial charge < -0.3 is 10.2 Å². The van der Waals surface area contributed by atoms with Crippen LogP contribution in [-0.4, -0.2) is 38.1 Å². The van der Waals surface area contributed by atoms with Gasteiger partial charge in [-0.2, -0.15) is 8.42 Å². The topological polar surface area (TPSA) is 134 Å². The van der Waals surface area contributed by atoms with Gasteiger partial charge in [0, 0.05) is 5.56 Å². The Morgan fingerprint density at radius 1 is 0.710 bits per heavy atom. The monoisotopic (exact) mass is 435 g/mol. The van der Waals surface area contributed by atoms with E-state index in [1.807, 2.05) is 6.92 Å². The van der Waals surface area contributed by atoms with Crippen molar-refractivity contribution in [3.63, 3.8) is 0 Å². The predicted molar refractivity (Wildman–Crippen MR) is 114 cm³/mol. The fourth-order valence-corrected chi connectivity index (χ4v) is 3.50. The van der Waals surface area contributed by atoms with E-state index in [-0.39, 0.29) is 33.9 Å². The summed E-state index contributed by atoms with van der Waals surface area (Å²) in [5.74, 6) is 0.518. The van der Waals surface area contributed by atoms with Crippen molar-refractivity contribution >= 4 is 10.1 Å². The van der Waals surface area contributed by atoms with E-state index in [4.69, 9.17) is 0 Å². The van der Waals surface area contributed by atoms with Crippen LogP contribution in [0.15, 0.2) is 71.6 Å². The third kappa shape index (κ3) is 4.23. The van der Waals surface area contributed by atoms with Crippen LogP contribution < -0.4 is 0 Å². The number of aromatic hydroxyl groups is 2. The number of phenolic OH excluding ortho intramolecular Hbond substituents is 2. The average Bonchev–Trinajstić information content (AvgIpc) is 2.73. The number of aromatic nitrogens is 3. The largest absolute Gasteiger partial charge is 0.507 e. The smallest absolute Gasteiger partial charge is 0.294 e. The van der Waals surface area contributed by atoms with Gasteiger partial charge in [0.2, 0.25) is 0 Å². The molecule has 0 saturated carbocycles. The molecule has 1 heterocycles. The summed E-state index contributed by atoms with van der Waals surface area (Å²) in [4.78, 5) is 13.0. The van der Waals surface area contributed by atoms with Crippen LogP contribution in [0, 0.1) is 6.92 Å². The Morgan fingerprint density at radius 3 is 1.87 bits per heavy atom. The van der Waals surface area contributed by atoms with Crippen molar-refractivity contribution in [2.45, 2.75) is 11.8 Å². The SMILES string of the molecule is Cc1ccc(-c2nc(-c3ccc(S(=O)(=O)O)cc3)nc(-c3ccccc3O)n2)c(O)c1. The summed E-state index contributed by atoms with van der Waals surface area (Å²) >= 11 is 0. The van der Waals surface area contributed by atoms with Gasteiger partial charge in [0.25, 0.3) is 10.1 Å². The van der Waals surface area contributed by atoms with Gasteiger partial charge in [0.15, 0.2) is 17.5 Å². The Hall–Kier alpha value is -3.82. The molecule has 9 heteroatoms. The minimum Gasteiger partial charge on any atom is -0.507 e. The van der Waals surface area contributed by atoms with Crippen LogP contribution in [0.2, 0.25) is 0 Å². The quantitative estimate of drug-likeness (QED) is 0.412. The Bertz CT molecular complexity index is 1390. The Morgan fingerprint density at radius 2 is 1.29 bits per heavy atom. The molecule has 4 rings (SSSR count). The van der Waals surface area contributed by atoms with Crippen molar-refractivity contribution in [3.05, 3.63) is 72.3 Å². The van der Waals surface area contributed by atoms with Crippen LogP contribution in [0.3, 0.4) is 0 Å². The number of hydrogen-bond donors (Lipinski definition) is 3. The minimum atomic E-state index is -4.34. The van der Waals surface area contributed by atoms with Gasteiger partial charge >= 0.3 is 0 Å². The van der Waals surface area contributed by atoms with E-state index >= 15 is 0 Å². The molecule has 0 fully saturated rings. The van der Waals surface area contributed by atoms with Crippen LogP contribution in [0.25, 0.3) is 34.2 Å². The van der Waals surface area contributed by atoms with E-state index in [0.29, 0.717) is 16.7 Å². The first kappa shape index (κ1) is 20.5. The highest BCUT2D eigenvalue weighted by Gasteiger charge is 2.17. The van der Waals surface area contributed by atoms with Crippen molar-refractivity contribution in [1.29, 1.82) is 0 Å². The predicted octanol–water partition coefficient (Wildman–Crippen LogP) is 3.84. The molecule has 8 nitrogen and oxygen atoms in total. The summed E-state index contributed by atoms with van der Waals surface area (Å²) in [5.41, 5.74) is 2.06. The fourth-order valence-electron chi connectivity index (χ4n) is 3.02. The Balaban J connectivity index is 1.93. The second-order valence-electron chi connectivity index (χ2n) is 6.84. The van der Waals surface area contributed by atoms with Gasteiger partial charge in [-0.25, -0.2) is 15.0 Å². The molecule has 3 aromatic carbocycles. The molecule has 0 bridgehead atoms. The number of benzene rings is 3. The summed E-state index contributed by atoms with van der Waals surface area (Å²) in [5, 5.41) is 20.7. The lowest BCUT2D eigenvalue weighted by molar-refractivity contribution is 0.476. The molecule has 0 aliphatic rings. The third-order valence-electron chi connectivity index (χ3n) is 4.58. The first-order chi connectivity index (χ1) is 14.7. The number of phenols is 2. The van der Waals surface area contributed by atoms with Crippen LogP contribution in [0.4, 0.5) is 0 Å². The normalized spacial score (nSPS) is 11.4. The maximum atomic E-state index is 11.3. The van der Waals surface area contributed by atoms with Crippen LogP contribution >= 0.6 is 0 Å². The zero-order chi connectivity index (χ0) is 22.2. The Labute approximate surface area is 178 Å². The molecule has 3 N–H and O–H groups in total. The third-order valence-corrected chi connectivity index (χ3v) is 5.45. The molecule has 31 heavy (non-hydrogen) atoms. The van der Waals surface area contributed by atoms with E-state index in [1.54, 1.807) is 36.4 Å². The summed E-state index contributed by atoms with van der Waals surface area (Å²) < 4.78 is 31.8. The highest BCUT2D eigenvalue weighted by molar-refractivity contribution is 7.85.